The van der Waals surface area contributed by atoms with Crippen LogP contribution >= 0.6 is 0 Å². The fourth-order valence-corrected chi connectivity index (χ4v) is 9.62. The molecule has 0 aromatic heterocycles. The number of nitrogens with one attached hydrogen (secondary N) is 1. The van der Waals surface area contributed by atoms with Gasteiger partial charge in [0.15, 0.2) is 0 Å². The maximum absolute atomic E-state index is 3.53. The van der Waals surface area contributed by atoms with Crippen LogP contribution in [-0.2, 0) is 0 Å². The average molecular weight is 353 g/mol. The summed E-state index contributed by atoms with van der Waals surface area (Å²) in [5.74, 6) is 2.10. The second-order valence-corrected chi connectivity index (χ2v) is 13.2. The Morgan fingerprint density at radius 1 is 0.960 bits per heavy atom. The van der Waals surface area contributed by atoms with Crippen LogP contribution in [0.1, 0.15) is 24.3 Å². The van der Waals surface area contributed by atoms with E-state index in [4.69, 9.17) is 0 Å². The fraction of sp³-hybridized carbons (Fsp3) is 0.545. The number of nitrogens with zero attached hydrogens (tertiary/aromatic N) is 1. The van der Waals surface area contributed by atoms with Crippen LogP contribution in [0.4, 0.5) is 0 Å². The summed E-state index contributed by atoms with van der Waals surface area (Å²) in [7, 11) is -1.42. The van der Waals surface area contributed by atoms with Crippen LogP contribution in [0.15, 0.2) is 54.6 Å². The molecule has 1 saturated carbocycles. The second kappa shape index (κ2) is 7.22. The van der Waals surface area contributed by atoms with Gasteiger partial charge in [0, 0.05) is 32.1 Å². The molecule has 4 rings (SSSR count). The Hall–Kier alpha value is -1.16. The molecule has 2 aliphatic carbocycles. The smallest absolute Gasteiger partial charge is 0.126 e. The molecule has 2 nitrogen and oxygen atoms in total. The minimum atomic E-state index is -1.42. The summed E-state index contributed by atoms with van der Waals surface area (Å²) in [6.45, 7) is 10.1. The Morgan fingerprint density at radius 2 is 1.68 bits per heavy atom. The van der Waals surface area contributed by atoms with Crippen LogP contribution in [0.5, 0.6) is 0 Å². The summed E-state index contributed by atoms with van der Waals surface area (Å²) >= 11 is 0. The molecular weight excluding hydrogens is 320 g/mol. The van der Waals surface area contributed by atoms with E-state index in [0.29, 0.717) is 5.92 Å². The molecule has 2 fully saturated rings. The maximum atomic E-state index is 3.53. The van der Waals surface area contributed by atoms with E-state index in [2.05, 4.69) is 77.6 Å². The molecule has 0 amide bonds. The van der Waals surface area contributed by atoms with Gasteiger partial charge < -0.3 is 9.88 Å². The van der Waals surface area contributed by atoms with Crippen LogP contribution < -0.4 is 5.32 Å². The second-order valence-electron chi connectivity index (χ2n) is 8.52. The first-order chi connectivity index (χ1) is 12.2. The zero-order chi connectivity index (χ0) is 17.3. The van der Waals surface area contributed by atoms with E-state index in [9.17, 15) is 0 Å². The summed E-state index contributed by atoms with van der Waals surface area (Å²) in [5, 5.41) is 3.53. The van der Waals surface area contributed by atoms with Gasteiger partial charge in [-0.3, -0.25) is 0 Å². The summed E-state index contributed by atoms with van der Waals surface area (Å²) in [5.41, 5.74) is 2.39. The lowest BCUT2D eigenvalue weighted by atomic mass is 9.80. The molecule has 1 aromatic rings. The van der Waals surface area contributed by atoms with Gasteiger partial charge in [-0.05, 0) is 29.4 Å². The number of benzene rings is 1. The fourth-order valence-electron chi connectivity index (χ4n) is 5.60. The molecule has 0 radical (unpaired) electrons. The van der Waals surface area contributed by atoms with Crippen LogP contribution in [0.25, 0.3) is 0 Å². The molecular formula is C22H32N2Si. The highest BCUT2D eigenvalue weighted by atomic mass is 28.3. The number of fused-ring (bicyclic) bond motifs is 1. The summed E-state index contributed by atoms with van der Waals surface area (Å²) < 4.78 is 2.88. The van der Waals surface area contributed by atoms with E-state index in [-0.39, 0.29) is 0 Å². The van der Waals surface area contributed by atoms with Crippen LogP contribution in [0, 0.1) is 11.8 Å². The van der Waals surface area contributed by atoms with Crippen LogP contribution in [-0.4, -0.2) is 39.0 Å². The first-order valence-electron chi connectivity index (χ1n) is 10.0. The topological polar surface area (TPSA) is 15.3 Å². The Balaban J connectivity index is 1.59. The third-order valence-electron chi connectivity index (χ3n) is 7.02. The van der Waals surface area contributed by atoms with Crippen LogP contribution in [0.2, 0.25) is 18.6 Å². The van der Waals surface area contributed by atoms with Gasteiger partial charge in [0.2, 0.25) is 0 Å². The van der Waals surface area contributed by atoms with Crippen molar-refractivity contribution >= 4 is 8.24 Å². The first-order valence-corrected chi connectivity index (χ1v) is 13.1. The Morgan fingerprint density at radius 3 is 2.44 bits per heavy atom. The normalized spacial score (nSPS) is 33.2. The van der Waals surface area contributed by atoms with Crippen molar-refractivity contribution < 1.29 is 0 Å². The minimum Gasteiger partial charge on any atom is -0.321 e. The van der Waals surface area contributed by atoms with E-state index in [1.54, 1.807) is 0 Å². The predicted octanol–water partition coefficient (Wildman–Crippen LogP) is 4.40. The molecule has 0 spiro atoms. The molecule has 1 saturated heterocycles. The van der Waals surface area contributed by atoms with E-state index in [1.165, 1.54) is 44.6 Å². The third kappa shape index (κ3) is 3.30. The highest BCUT2D eigenvalue weighted by molar-refractivity contribution is 6.76. The zero-order valence-corrected chi connectivity index (χ0v) is 16.7. The monoisotopic (exact) mass is 352 g/mol. The number of piperazine rings is 1. The molecule has 3 aliphatic rings. The van der Waals surface area contributed by atoms with Gasteiger partial charge in [-0.25, -0.2) is 0 Å². The molecule has 1 heterocycles. The number of hydrogen-bond donors (Lipinski definition) is 1. The van der Waals surface area contributed by atoms with Crippen molar-refractivity contribution in [3.05, 3.63) is 60.2 Å². The maximum Gasteiger partial charge on any atom is 0.126 e. The van der Waals surface area contributed by atoms with Crippen molar-refractivity contribution in [2.24, 2.45) is 11.8 Å². The Labute approximate surface area is 154 Å². The van der Waals surface area contributed by atoms with Crippen LogP contribution in [0.3, 0.4) is 0 Å². The molecule has 1 aromatic carbocycles. The van der Waals surface area contributed by atoms with E-state index in [0.717, 1.165) is 17.4 Å². The Kier molecular flexibility index (Phi) is 4.98. The summed E-state index contributed by atoms with van der Waals surface area (Å²) in [4.78, 5) is 0. The average Bonchev–Trinajstić information content (AvgIpc) is 2.97. The van der Waals surface area contributed by atoms with Crippen molar-refractivity contribution in [3.63, 3.8) is 0 Å². The SMILES string of the molecule is C[Si](C)(C1CCC2C1C=CC=C[C@H]2c1ccccc1)N1CCNCC1. The largest absolute Gasteiger partial charge is 0.321 e. The molecule has 25 heavy (non-hydrogen) atoms. The van der Waals surface area contributed by atoms with Gasteiger partial charge in [0.25, 0.3) is 0 Å². The van der Waals surface area contributed by atoms with Gasteiger partial charge in [-0.15, -0.1) is 0 Å². The number of hydrogen-bond acceptors (Lipinski definition) is 2. The summed E-state index contributed by atoms with van der Waals surface area (Å²) in [6.07, 6.45) is 12.4. The van der Waals surface area contributed by atoms with Crippen molar-refractivity contribution in [1.29, 1.82) is 0 Å². The van der Waals surface area contributed by atoms with Gasteiger partial charge in [0.05, 0.1) is 0 Å². The summed E-state index contributed by atoms with van der Waals surface area (Å²) in [6, 6.07) is 11.2. The molecule has 1 aliphatic heterocycles. The minimum absolute atomic E-state index is 0.582. The lowest BCUT2D eigenvalue weighted by Crippen LogP contribution is -2.59. The Bertz CT molecular complexity index is 631. The highest BCUT2D eigenvalue weighted by Gasteiger charge is 2.49. The molecule has 4 atom stereocenters. The number of rotatable bonds is 3. The molecule has 1 N–H and O–H groups in total. The highest BCUT2D eigenvalue weighted by Crippen LogP contribution is 2.54. The lowest BCUT2D eigenvalue weighted by Gasteiger charge is -2.45. The van der Waals surface area contributed by atoms with Gasteiger partial charge in [-0.1, -0.05) is 74.2 Å². The predicted molar refractivity (Wildman–Crippen MR) is 109 cm³/mol. The quantitative estimate of drug-likeness (QED) is 0.811. The van der Waals surface area contributed by atoms with E-state index >= 15 is 0 Å². The molecule has 3 unspecified atom stereocenters. The van der Waals surface area contributed by atoms with E-state index in [1.807, 2.05) is 0 Å². The standard InChI is InChI=1S/C22H32N2Si/c1-25(2,24-16-14-23-15-17-24)22-13-12-20-19(10-6-7-11-21(20)22)18-8-4-3-5-9-18/h3-11,19-23H,12-17H2,1-2H3/t19-,20?,21?,22?/m0/s1. The molecule has 134 valence electrons. The first kappa shape index (κ1) is 17.3. The lowest BCUT2D eigenvalue weighted by molar-refractivity contribution is 0.342. The van der Waals surface area contributed by atoms with Gasteiger partial charge in [0.1, 0.15) is 8.24 Å². The third-order valence-corrected chi connectivity index (χ3v) is 11.6. The van der Waals surface area contributed by atoms with Crippen molar-refractivity contribution in [1.82, 2.24) is 9.88 Å². The zero-order valence-electron chi connectivity index (χ0n) is 15.7. The molecule has 3 heteroatoms. The van der Waals surface area contributed by atoms with Crippen molar-refractivity contribution in [2.45, 2.75) is 37.4 Å². The van der Waals surface area contributed by atoms with E-state index < -0.39 is 8.24 Å². The van der Waals surface area contributed by atoms with Crippen molar-refractivity contribution in [3.8, 4) is 0 Å². The van der Waals surface area contributed by atoms with Gasteiger partial charge >= 0.3 is 0 Å². The van der Waals surface area contributed by atoms with Crippen molar-refractivity contribution in [2.75, 3.05) is 26.2 Å². The molecule has 0 bridgehead atoms. The van der Waals surface area contributed by atoms with Gasteiger partial charge in [-0.2, -0.15) is 0 Å². The number of allylic oxidation sites excluding steroid dienone is 4.